The first-order valence-corrected chi connectivity index (χ1v) is 5.17. The summed E-state index contributed by atoms with van der Waals surface area (Å²) < 4.78 is 5.37. The maximum atomic E-state index is 5.37. The lowest BCUT2D eigenvalue weighted by molar-refractivity contribution is 0.0494. The smallest absolute Gasteiger partial charge is 0.0468 e. The van der Waals surface area contributed by atoms with Crippen LogP contribution in [0.25, 0.3) is 0 Å². The van der Waals surface area contributed by atoms with E-state index in [-0.39, 0.29) is 0 Å². The minimum Gasteiger partial charge on any atom is -0.381 e. The summed E-state index contributed by atoms with van der Waals surface area (Å²) in [4.78, 5) is 0. The molecule has 0 aromatic heterocycles. The maximum Gasteiger partial charge on any atom is 0.0468 e. The number of hydrogen-bond donors (Lipinski definition) is 1. The first-order chi connectivity index (χ1) is 5.86. The van der Waals surface area contributed by atoms with Crippen LogP contribution in [-0.4, -0.2) is 25.8 Å². The van der Waals surface area contributed by atoms with Crippen molar-refractivity contribution in [2.24, 2.45) is 11.8 Å². The van der Waals surface area contributed by atoms with E-state index in [1.807, 2.05) is 0 Å². The van der Waals surface area contributed by atoms with Crippen molar-refractivity contribution in [2.75, 3.05) is 19.8 Å². The van der Waals surface area contributed by atoms with Crippen molar-refractivity contribution < 1.29 is 4.74 Å². The fourth-order valence-electron chi connectivity index (χ4n) is 2.52. The second-order valence-corrected chi connectivity index (χ2v) is 4.25. The molecule has 0 aromatic rings. The molecular formula is C10H19NO. The van der Waals surface area contributed by atoms with Crippen LogP contribution < -0.4 is 5.32 Å². The number of nitrogens with one attached hydrogen (secondary N) is 1. The molecule has 2 nitrogen and oxygen atoms in total. The second-order valence-electron chi connectivity index (χ2n) is 4.25. The van der Waals surface area contributed by atoms with Crippen molar-refractivity contribution in [3.05, 3.63) is 0 Å². The molecule has 0 saturated carbocycles. The molecular weight excluding hydrogens is 150 g/mol. The Bertz CT molecular complexity index is 140. The monoisotopic (exact) mass is 169 g/mol. The van der Waals surface area contributed by atoms with Gasteiger partial charge in [-0.15, -0.1) is 0 Å². The molecule has 2 heterocycles. The van der Waals surface area contributed by atoms with Gasteiger partial charge in [0, 0.05) is 19.3 Å². The predicted molar refractivity (Wildman–Crippen MR) is 49.1 cm³/mol. The average Bonchev–Trinajstić information content (AvgIpc) is 2.54. The van der Waals surface area contributed by atoms with Gasteiger partial charge in [-0.25, -0.2) is 0 Å². The zero-order valence-electron chi connectivity index (χ0n) is 7.88. The summed E-state index contributed by atoms with van der Waals surface area (Å²) in [6.07, 6.45) is 3.96. The molecule has 2 aliphatic rings. The Morgan fingerprint density at radius 1 is 1.17 bits per heavy atom. The van der Waals surface area contributed by atoms with Crippen LogP contribution in [0, 0.1) is 11.8 Å². The fourth-order valence-corrected chi connectivity index (χ4v) is 2.52. The van der Waals surface area contributed by atoms with Crippen molar-refractivity contribution in [1.82, 2.24) is 5.32 Å². The molecule has 2 unspecified atom stereocenters. The fraction of sp³-hybridized carbons (Fsp3) is 1.00. The van der Waals surface area contributed by atoms with E-state index in [1.54, 1.807) is 0 Å². The molecule has 0 radical (unpaired) electrons. The third-order valence-electron chi connectivity index (χ3n) is 3.32. The Hall–Kier alpha value is -0.0800. The summed E-state index contributed by atoms with van der Waals surface area (Å²) in [6, 6.07) is 0.748. The van der Waals surface area contributed by atoms with Crippen LogP contribution in [0.3, 0.4) is 0 Å². The molecule has 2 atom stereocenters. The third kappa shape index (κ3) is 1.80. The molecule has 2 saturated heterocycles. The summed E-state index contributed by atoms with van der Waals surface area (Å²) in [5.41, 5.74) is 0. The normalized spacial score (nSPS) is 38.8. The second kappa shape index (κ2) is 3.75. The number of rotatable bonds is 1. The van der Waals surface area contributed by atoms with Gasteiger partial charge in [0.05, 0.1) is 0 Å². The lowest BCUT2D eigenvalue weighted by Gasteiger charge is -2.26. The van der Waals surface area contributed by atoms with E-state index in [0.717, 1.165) is 31.1 Å². The topological polar surface area (TPSA) is 21.3 Å². The summed E-state index contributed by atoms with van der Waals surface area (Å²) in [5, 5.41) is 3.53. The maximum absolute atomic E-state index is 5.37. The quantitative estimate of drug-likeness (QED) is 0.641. The minimum atomic E-state index is 0.748. The van der Waals surface area contributed by atoms with E-state index >= 15 is 0 Å². The molecule has 2 heteroatoms. The summed E-state index contributed by atoms with van der Waals surface area (Å²) >= 11 is 0. The lowest BCUT2D eigenvalue weighted by Crippen LogP contribution is -2.24. The molecule has 2 aliphatic heterocycles. The molecule has 0 spiro atoms. The zero-order chi connectivity index (χ0) is 8.39. The highest BCUT2D eigenvalue weighted by Crippen LogP contribution is 2.29. The van der Waals surface area contributed by atoms with Gasteiger partial charge in [-0.2, -0.15) is 0 Å². The van der Waals surface area contributed by atoms with Crippen molar-refractivity contribution in [2.45, 2.75) is 32.2 Å². The molecule has 2 fully saturated rings. The van der Waals surface area contributed by atoms with E-state index in [9.17, 15) is 0 Å². The van der Waals surface area contributed by atoms with Crippen LogP contribution in [0.5, 0.6) is 0 Å². The van der Waals surface area contributed by atoms with Crippen LogP contribution in [0.4, 0.5) is 0 Å². The van der Waals surface area contributed by atoms with Crippen LogP contribution in [-0.2, 0) is 4.74 Å². The molecule has 0 amide bonds. The highest BCUT2D eigenvalue weighted by atomic mass is 16.5. The van der Waals surface area contributed by atoms with E-state index in [2.05, 4.69) is 12.2 Å². The average molecular weight is 169 g/mol. The van der Waals surface area contributed by atoms with Gasteiger partial charge < -0.3 is 10.1 Å². The minimum absolute atomic E-state index is 0.748. The van der Waals surface area contributed by atoms with Crippen molar-refractivity contribution in [1.29, 1.82) is 0 Å². The largest absolute Gasteiger partial charge is 0.381 e. The SMILES string of the molecule is CC1CC(C2CCOCC2)CN1. The Balaban J connectivity index is 1.83. The van der Waals surface area contributed by atoms with Crippen molar-refractivity contribution in [3.63, 3.8) is 0 Å². The number of hydrogen-bond acceptors (Lipinski definition) is 2. The summed E-state index contributed by atoms with van der Waals surface area (Å²) in [7, 11) is 0. The number of ether oxygens (including phenoxy) is 1. The Morgan fingerprint density at radius 3 is 2.50 bits per heavy atom. The molecule has 70 valence electrons. The van der Waals surface area contributed by atoms with Crippen LogP contribution >= 0.6 is 0 Å². The van der Waals surface area contributed by atoms with Crippen LogP contribution in [0.1, 0.15) is 26.2 Å². The molecule has 0 aliphatic carbocycles. The first kappa shape index (κ1) is 8.52. The third-order valence-corrected chi connectivity index (χ3v) is 3.32. The van der Waals surface area contributed by atoms with Gasteiger partial charge in [0.25, 0.3) is 0 Å². The van der Waals surface area contributed by atoms with Crippen molar-refractivity contribution in [3.8, 4) is 0 Å². The lowest BCUT2D eigenvalue weighted by atomic mass is 9.85. The molecule has 1 N–H and O–H groups in total. The summed E-state index contributed by atoms with van der Waals surface area (Å²) in [6.45, 7) is 5.52. The van der Waals surface area contributed by atoms with E-state index < -0.39 is 0 Å². The van der Waals surface area contributed by atoms with Gasteiger partial charge in [-0.3, -0.25) is 0 Å². The van der Waals surface area contributed by atoms with Gasteiger partial charge in [0.2, 0.25) is 0 Å². The van der Waals surface area contributed by atoms with Gasteiger partial charge in [0.1, 0.15) is 0 Å². The summed E-state index contributed by atoms with van der Waals surface area (Å²) in [5.74, 6) is 1.88. The molecule has 0 aromatic carbocycles. The molecule has 0 bridgehead atoms. The van der Waals surface area contributed by atoms with Crippen LogP contribution in [0.15, 0.2) is 0 Å². The first-order valence-electron chi connectivity index (χ1n) is 5.17. The van der Waals surface area contributed by atoms with E-state index in [0.29, 0.717) is 0 Å². The van der Waals surface area contributed by atoms with Gasteiger partial charge >= 0.3 is 0 Å². The van der Waals surface area contributed by atoms with E-state index in [4.69, 9.17) is 4.74 Å². The molecule has 2 rings (SSSR count). The van der Waals surface area contributed by atoms with Gasteiger partial charge in [-0.05, 0) is 44.6 Å². The Labute approximate surface area is 74.7 Å². The highest BCUT2D eigenvalue weighted by molar-refractivity contribution is 4.84. The molecule has 12 heavy (non-hydrogen) atoms. The highest BCUT2D eigenvalue weighted by Gasteiger charge is 2.29. The van der Waals surface area contributed by atoms with Crippen molar-refractivity contribution >= 4 is 0 Å². The standard InChI is InChI=1S/C10H19NO/c1-8-6-10(7-11-8)9-2-4-12-5-3-9/h8-11H,2-7H2,1H3. The van der Waals surface area contributed by atoms with Gasteiger partial charge in [-0.1, -0.05) is 0 Å². The zero-order valence-corrected chi connectivity index (χ0v) is 7.88. The van der Waals surface area contributed by atoms with Gasteiger partial charge in [0.15, 0.2) is 0 Å². The Morgan fingerprint density at radius 2 is 1.92 bits per heavy atom. The van der Waals surface area contributed by atoms with E-state index in [1.165, 1.54) is 25.8 Å². The van der Waals surface area contributed by atoms with Crippen LogP contribution in [0.2, 0.25) is 0 Å². The Kier molecular flexibility index (Phi) is 2.66. The predicted octanol–water partition coefficient (Wildman–Crippen LogP) is 1.41.